The lowest BCUT2D eigenvalue weighted by molar-refractivity contribution is 0.412. The van der Waals surface area contributed by atoms with Crippen LogP contribution in [-0.2, 0) is 12.6 Å². The number of nitriles is 1. The molecule has 0 aliphatic heterocycles. The Kier molecular flexibility index (Phi) is 3.01. The van der Waals surface area contributed by atoms with Crippen molar-refractivity contribution in [2.24, 2.45) is 7.05 Å². The molecule has 1 atom stereocenters. The molecule has 1 aromatic carbocycles. The zero-order valence-electron chi connectivity index (χ0n) is 13.7. The van der Waals surface area contributed by atoms with E-state index in [9.17, 15) is 4.79 Å². The highest BCUT2D eigenvalue weighted by Gasteiger charge is 2.29. The molecule has 0 bridgehead atoms. The molecule has 4 nitrogen and oxygen atoms in total. The molecule has 1 aliphatic carbocycles. The maximum atomic E-state index is 12.8. The summed E-state index contributed by atoms with van der Waals surface area (Å²) in [6.07, 6.45) is 6.29. The summed E-state index contributed by atoms with van der Waals surface area (Å²) in [6.45, 7) is 2.04. The third kappa shape index (κ3) is 1.88. The number of fused-ring (bicyclic) bond motifs is 3. The van der Waals surface area contributed by atoms with Gasteiger partial charge in [0.1, 0.15) is 0 Å². The van der Waals surface area contributed by atoms with Crippen LogP contribution in [-0.4, -0.2) is 9.13 Å². The zero-order chi connectivity index (χ0) is 16.9. The highest BCUT2D eigenvalue weighted by molar-refractivity contribution is 6.06. The van der Waals surface area contributed by atoms with Gasteiger partial charge in [-0.2, -0.15) is 5.26 Å². The van der Waals surface area contributed by atoms with E-state index in [1.54, 1.807) is 12.1 Å². The van der Waals surface area contributed by atoms with E-state index in [1.165, 1.54) is 0 Å². The molecule has 0 fully saturated rings. The van der Waals surface area contributed by atoms with Crippen molar-refractivity contribution < 1.29 is 0 Å². The summed E-state index contributed by atoms with van der Waals surface area (Å²) in [4.78, 5) is 12.8. The predicted octanol–water partition coefficient (Wildman–Crippen LogP) is 3.62. The number of aryl methyl sites for hydroxylation is 1. The van der Waals surface area contributed by atoms with Crippen molar-refractivity contribution in [3.63, 3.8) is 0 Å². The van der Waals surface area contributed by atoms with E-state index in [4.69, 9.17) is 5.26 Å². The first kappa shape index (κ1) is 14.5. The predicted molar refractivity (Wildman–Crippen MR) is 95.8 cm³/mol. The van der Waals surface area contributed by atoms with Gasteiger partial charge in [-0.3, -0.25) is 9.36 Å². The third-order valence-electron chi connectivity index (χ3n) is 4.95. The molecule has 2 aromatic heterocycles. The van der Waals surface area contributed by atoms with Crippen LogP contribution < -0.4 is 5.56 Å². The van der Waals surface area contributed by atoms with Gasteiger partial charge in [0.2, 0.25) is 0 Å². The van der Waals surface area contributed by atoms with Gasteiger partial charge in [0.05, 0.1) is 28.2 Å². The van der Waals surface area contributed by atoms with Crippen molar-refractivity contribution in [1.29, 1.82) is 5.26 Å². The standard InChI is InChI=1S/C20H17N3O/c1-20(11-9-14(13-21)10-12-20)23-18(24)8-7-17-19(23)15-5-3-4-6-16(15)22(17)2/h3-11H,12H2,1-2H3. The Morgan fingerprint density at radius 3 is 2.67 bits per heavy atom. The van der Waals surface area contributed by atoms with E-state index >= 15 is 0 Å². The van der Waals surface area contributed by atoms with Gasteiger partial charge in [-0.05, 0) is 31.6 Å². The summed E-state index contributed by atoms with van der Waals surface area (Å²) in [5, 5.41) is 10.1. The van der Waals surface area contributed by atoms with Crippen molar-refractivity contribution in [1.82, 2.24) is 9.13 Å². The molecule has 0 N–H and O–H groups in total. The average Bonchev–Trinajstić information content (AvgIpc) is 2.88. The fourth-order valence-corrected chi connectivity index (χ4v) is 3.63. The molecule has 4 rings (SSSR count). The van der Waals surface area contributed by atoms with E-state index in [2.05, 4.69) is 22.8 Å². The lowest BCUT2D eigenvalue weighted by Gasteiger charge is -2.31. The number of nitrogens with zero attached hydrogens (tertiary/aromatic N) is 3. The van der Waals surface area contributed by atoms with Gasteiger partial charge in [-0.1, -0.05) is 30.4 Å². The summed E-state index contributed by atoms with van der Waals surface area (Å²) in [5.41, 5.74) is 3.21. The van der Waals surface area contributed by atoms with E-state index in [0.29, 0.717) is 12.0 Å². The summed E-state index contributed by atoms with van der Waals surface area (Å²) in [5.74, 6) is 0. The summed E-state index contributed by atoms with van der Waals surface area (Å²) < 4.78 is 3.98. The van der Waals surface area contributed by atoms with E-state index in [-0.39, 0.29) is 5.56 Å². The number of rotatable bonds is 1. The molecule has 2 heterocycles. The number of allylic oxidation sites excluding steroid dienone is 4. The third-order valence-corrected chi connectivity index (χ3v) is 4.95. The number of benzene rings is 1. The molecule has 1 unspecified atom stereocenters. The van der Waals surface area contributed by atoms with Crippen LogP contribution in [0.1, 0.15) is 13.3 Å². The Morgan fingerprint density at radius 2 is 1.96 bits per heavy atom. The highest BCUT2D eigenvalue weighted by atomic mass is 16.1. The molecule has 0 spiro atoms. The minimum atomic E-state index is -0.485. The Morgan fingerprint density at radius 1 is 1.17 bits per heavy atom. The van der Waals surface area contributed by atoms with Crippen molar-refractivity contribution >= 4 is 21.9 Å². The molecule has 0 radical (unpaired) electrons. The molecule has 0 amide bonds. The molecule has 0 saturated carbocycles. The number of aromatic nitrogens is 2. The molecular weight excluding hydrogens is 298 g/mol. The number of hydrogen-bond donors (Lipinski definition) is 0. The first-order valence-corrected chi connectivity index (χ1v) is 7.94. The largest absolute Gasteiger partial charge is 0.342 e. The number of para-hydroxylation sites is 1. The van der Waals surface area contributed by atoms with Crippen LogP contribution in [0.25, 0.3) is 21.9 Å². The van der Waals surface area contributed by atoms with Gasteiger partial charge in [-0.15, -0.1) is 0 Å². The van der Waals surface area contributed by atoms with Gasteiger partial charge in [0, 0.05) is 24.1 Å². The second kappa shape index (κ2) is 4.97. The van der Waals surface area contributed by atoms with Crippen molar-refractivity contribution in [3.05, 3.63) is 70.6 Å². The Bertz CT molecular complexity index is 1140. The van der Waals surface area contributed by atoms with Crippen molar-refractivity contribution in [2.75, 3.05) is 0 Å². The van der Waals surface area contributed by atoms with Crippen LogP contribution in [0.5, 0.6) is 0 Å². The number of pyridine rings is 1. The first-order chi connectivity index (χ1) is 11.5. The van der Waals surface area contributed by atoms with E-state index in [1.807, 2.05) is 48.9 Å². The first-order valence-electron chi connectivity index (χ1n) is 7.94. The van der Waals surface area contributed by atoms with Crippen LogP contribution in [0.2, 0.25) is 0 Å². The maximum Gasteiger partial charge on any atom is 0.251 e. The Hall–Kier alpha value is -3.06. The molecule has 3 aromatic rings. The lowest BCUT2D eigenvalue weighted by atomic mass is 9.90. The normalized spacial score (nSPS) is 20.3. The van der Waals surface area contributed by atoms with Crippen LogP contribution in [0.15, 0.2) is 65.0 Å². The topological polar surface area (TPSA) is 50.7 Å². The monoisotopic (exact) mass is 315 g/mol. The Balaban J connectivity index is 2.10. The fraction of sp³-hybridized carbons (Fsp3) is 0.200. The van der Waals surface area contributed by atoms with E-state index < -0.39 is 5.54 Å². The second-order valence-corrected chi connectivity index (χ2v) is 6.48. The molecule has 4 heteroatoms. The van der Waals surface area contributed by atoms with Crippen LogP contribution in [0.3, 0.4) is 0 Å². The summed E-state index contributed by atoms with van der Waals surface area (Å²) >= 11 is 0. The Labute approximate surface area is 139 Å². The molecule has 24 heavy (non-hydrogen) atoms. The smallest absolute Gasteiger partial charge is 0.251 e. The highest BCUT2D eigenvalue weighted by Crippen LogP contribution is 2.34. The van der Waals surface area contributed by atoms with Crippen LogP contribution in [0.4, 0.5) is 0 Å². The minimum absolute atomic E-state index is 0.0280. The van der Waals surface area contributed by atoms with Crippen molar-refractivity contribution in [2.45, 2.75) is 18.9 Å². The summed E-state index contributed by atoms with van der Waals surface area (Å²) in [7, 11) is 2.02. The van der Waals surface area contributed by atoms with E-state index in [0.717, 1.165) is 21.9 Å². The zero-order valence-corrected chi connectivity index (χ0v) is 13.7. The van der Waals surface area contributed by atoms with Gasteiger partial charge < -0.3 is 4.57 Å². The molecular formula is C20H17N3O. The molecule has 1 aliphatic rings. The van der Waals surface area contributed by atoms with Gasteiger partial charge in [0.25, 0.3) is 5.56 Å². The second-order valence-electron chi connectivity index (χ2n) is 6.48. The quantitative estimate of drug-likeness (QED) is 0.688. The average molecular weight is 315 g/mol. The minimum Gasteiger partial charge on any atom is -0.342 e. The SMILES string of the molecule is Cn1c2ccccc2c2c1ccc(=O)n2C1(C)C=CC(C#N)=CC1. The lowest BCUT2D eigenvalue weighted by Crippen LogP contribution is -2.37. The molecule has 0 saturated heterocycles. The number of hydrogen-bond acceptors (Lipinski definition) is 2. The van der Waals surface area contributed by atoms with Crippen LogP contribution >= 0.6 is 0 Å². The van der Waals surface area contributed by atoms with Crippen LogP contribution in [0, 0.1) is 11.3 Å². The van der Waals surface area contributed by atoms with Gasteiger partial charge in [-0.25, -0.2) is 0 Å². The fourth-order valence-electron chi connectivity index (χ4n) is 3.63. The molecule has 118 valence electrons. The summed E-state index contributed by atoms with van der Waals surface area (Å²) in [6, 6.07) is 13.8. The maximum absolute atomic E-state index is 12.8. The van der Waals surface area contributed by atoms with Gasteiger partial charge in [0.15, 0.2) is 0 Å². The van der Waals surface area contributed by atoms with Crippen molar-refractivity contribution in [3.8, 4) is 6.07 Å². The van der Waals surface area contributed by atoms with Gasteiger partial charge >= 0.3 is 0 Å².